The molecule has 21 heavy (non-hydrogen) atoms. The number of hydrogen-bond acceptors (Lipinski definition) is 6. The number of nitrogen functional groups attached to an aromatic ring is 1. The Balaban J connectivity index is 1.88. The van der Waals surface area contributed by atoms with Gasteiger partial charge in [-0.25, -0.2) is 15.8 Å². The maximum Gasteiger partial charge on any atom is 0.145 e. The van der Waals surface area contributed by atoms with Crippen LogP contribution < -0.4 is 16.6 Å². The molecule has 0 aromatic carbocycles. The Labute approximate surface area is 127 Å². The van der Waals surface area contributed by atoms with Crippen molar-refractivity contribution in [3.05, 3.63) is 11.9 Å². The van der Waals surface area contributed by atoms with Crippen LogP contribution in [0.4, 0.5) is 11.6 Å². The fraction of sp³-hybridized carbons (Fsp3) is 0.733. The van der Waals surface area contributed by atoms with E-state index in [9.17, 15) is 0 Å². The summed E-state index contributed by atoms with van der Waals surface area (Å²) in [5, 5.41) is 3.38. The van der Waals surface area contributed by atoms with Gasteiger partial charge in [-0.1, -0.05) is 26.7 Å². The van der Waals surface area contributed by atoms with Crippen LogP contribution in [-0.4, -0.2) is 41.0 Å². The first-order chi connectivity index (χ1) is 10.1. The lowest BCUT2D eigenvalue weighted by atomic mass is 10.2. The van der Waals surface area contributed by atoms with Gasteiger partial charge in [-0.05, 0) is 19.9 Å². The van der Waals surface area contributed by atoms with Gasteiger partial charge in [0.2, 0.25) is 0 Å². The van der Waals surface area contributed by atoms with E-state index in [0.29, 0.717) is 5.82 Å². The van der Waals surface area contributed by atoms with Crippen LogP contribution in [0.5, 0.6) is 0 Å². The largest absolute Gasteiger partial charge is 0.369 e. The Bertz CT molecular complexity index is 442. The first-order valence-corrected chi connectivity index (χ1v) is 7.90. The van der Waals surface area contributed by atoms with Gasteiger partial charge in [-0.3, -0.25) is 0 Å². The molecule has 0 unspecified atom stereocenters. The molecule has 6 nitrogen and oxygen atoms in total. The molecule has 118 valence electrons. The second-order valence-electron chi connectivity index (χ2n) is 6.14. The normalized spacial score (nSPS) is 15.9. The lowest BCUT2D eigenvalue weighted by Gasteiger charge is -2.24. The van der Waals surface area contributed by atoms with Gasteiger partial charge in [-0.2, -0.15) is 0 Å². The summed E-state index contributed by atoms with van der Waals surface area (Å²) in [5.74, 6) is 8.04. The van der Waals surface area contributed by atoms with E-state index in [1.54, 1.807) is 0 Å². The van der Waals surface area contributed by atoms with Crippen LogP contribution >= 0.6 is 0 Å². The fourth-order valence-corrected chi connectivity index (χ4v) is 2.78. The predicted molar refractivity (Wildman–Crippen MR) is 87.3 cm³/mol. The standard InChI is InChI=1S/C15H28N6/c1-11(2)15-18-13(10-14(19-15)20-16)17-8-9-21(3)12-6-4-5-7-12/h10-12H,4-9,16H2,1-3H3,(H2,17,18,19,20). The zero-order valence-corrected chi connectivity index (χ0v) is 13.4. The first kappa shape index (κ1) is 16.0. The van der Waals surface area contributed by atoms with Gasteiger partial charge in [0, 0.05) is 31.1 Å². The van der Waals surface area contributed by atoms with Crippen LogP contribution in [0.15, 0.2) is 6.07 Å². The molecule has 1 aromatic heterocycles. The van der Waals surface area contributed by atoms with Crippen LogP contribution in [0.3, 0.4) is 0 Å². The molecule has 0 saturated heterocycles. The van der Waals surface area contributed by atoms with E-state index in [1.807, 2.05) is 6.07 Å². The molecule has 0 aliphatic heterocycles. The molecule has 2 rings (SSSR count). The molecular weight excluding hydrogens is 264 g/mol. The molecule has 0 amide bonds. The second kappa shape index (κ2) is 7.56. The molecule has 0 spiro atoms. The van der Waals surface area contributed by atoms with Crippen molar-refractivity contribution >= 4 is 11.6 Å². The number of rotatable bonds is 7. The molecule has 1 aliphatic carbocycles. The molecule has 0 bridgehead atoms. The van der Waals surface area contributed by atoms with E-state index in [0.717, 1.165) is 30.8 Å². The van der Waals surface area contributed by atoms with Crippen LogP contribution in [-0.2, 0) is 0 Å². The average Bonchev–Trinajstić information content (AvgIpc) is 3.01. The highest BCUT2D eigenvalue weighted by molar-refractivity contribution is 5.47. The third kappa shape index (κ3) is 4.54. The quantitative estimate of drug-likeness (QED) is 0.528. The Morgan fingerprint density at radius 3 is 2.57 bits per heavy atom. The molecule has 6 heteroatoms. The van der Waals surface area contributed by atoms with Crippen LogP contribution in [0, 0.1) is 0 Å². The Kier molecular flexibility index (Phi) is 5.76. The van der Waals surface area contributed by atoms with Gasteiger partial charge in [0.05, 0.1) is 0 Å². The van der Waals surface area contributed by atoms with E-state index >= 15 is 0 Å². The van der Waals surface area contributed by atoms with Crippen molar-refractivity contribution in [3.8, 4) is 0 Å². The summed E-state index contributed by atoms with van der Waals surface area (Å²) in [6.07, 6.45) is 5.42. The highest BCUT2D eigenvalue weighted by Gasteiger charge is 2.18. The number of aromatic nitrogens is 2. The highest BCUT2D eigenvalue weighted by Crippen LogP contribution is 2.22. The molecule has 1 saturated carbocycles. The number of hydrogen-bond donors (Lipinski definition) is 3. The van der Waals surface area contributed by atoms with Gasteiger partial charge in [-0.15, -0.1) is 0 Å². The molecule has 0 atom stereocenters. The lowest BCUT2D eigenvalue weighted by molar-refractivity contribution is 0.254. The second-order valence-corrected chi connectivity index (χ2v) is 6.14. The first-order valence-electron chi connectivity index (χ1n) is 7.90. The number of nitrogens with zero attached hydrogens (tertiary/aromatic N) is 3. The zero-order chi connectivity index (χ0) is 15.2. The Hall–Kier alpha value is -1.40. The Morgan fingerprint density at radius 1 is 1.29 bits per heavy atom. The van der Waals surface area contributed by atoms with Crippen molar-refractivity contribution in [1.82, 2.24) is 14.9 Å². The van der Waals surface area contributed by atoms with Crippen molar-refractivity contribution in [2.75, 3.05) is 30.9 Å². The van der Waals surface area contributed by atoms with Crippen molar-refractivity contribution in [2.24, 2.45) is 5.84 Å². The third-order valence-electron chi connectivity index (χ3n) is 4.13. The molecular formula is C15H28N6. The van der Waals surface area contributed by atoms with E-state index in [4.69, 9.17) is 5.84 Å². The van der Waals surface area contributed by atoms with Crippen LogP contribution in [0.25, 0.3) is 0 Å². The third-order valence-corrected chi connectivity index (χ3v) is 4.13. The molecule has 1 aromatic rings. The summed E-state index contributed by atoms with van der Waals surface area (Å²) in [7, 11) is 2.21. The molecule has 0 radical (unpaired) electrons. The van der Waals surface area contributed by atoms with Crippen LogP contribution in [0.1, 0.15) is 51.3 Å². The van der Waals surface area contributed by atoms with E-state index in [1.165, 1.54) is 25.7 Å². The van der Waals surface area contributed by atoms with Gasteiger partial charge in [0.15, 0.2) is 0 Å². The molecule has 1 aliphatic rings. The highest BCUT2D eigenvalue weighted by atomic mass is 15.3. The molecule has 4 N–H and O–H groups in total. The van der Waals surface area contributed by atoms with Gasteiger partial charge >= 0.3 is 0 Å². The average molecular weight is 292 g/mol. The van der Waals surface area contributed by atoms with E-state index < -0.39 is 0 Å². The number of nitrogens with one attached hydrogen (secondary N) is 2. The number of likely N-dealkylation sites (N-methyl/N-ethyl adjacent to an activating group) is 1. The SMILES string of the molecule is CC(C)c1nc(NN)cc(NCCN(C)C2CCCC2)n1. The van der Waals surface area contributed by atoms with Crippen molar-refractivity contribution in [2.45, 2.75) is 51.5 Å². The van der Waals surface area contributed by atoms with Crippen molar-refractivity contribution in [3.63, 3.8) is 0 Å². The van der Waals surface area contributed by atoms with Crippen LogP contribution in [0.2, 0.25) is 0 Å². The minimum atomic E-state index is 0.278. The maximum absolute atomic E-state index is 5.47. The summed E-state index contributed by atoms with van der Waals surface area (Å²) in [6, 6.07) is 2.60. The van der Waals surface area contributed by atoms with Gasteiger partial charge in [0.1, 0.15) is 17.5 Å². The number of anilines is 2. The Morgan fingerprint density at radius 2 is 1.95 bits per heavy atom. The number of hydrazine groups is 1. The lowest BCUT2D eigenvalue weighted by Crippen LogP contribution is -2.33. The van der Waals surface area contributed by atoms with Crippen molar-refractivity contribution < 1.29 is 0 Å². The van der Waals surface area contributed by atoms with Gasteiger partial charge < -0.3 is 15.6 Å². The summed E-state index contributed by atoms with van der Waals surface area (Å²) in [5.41, 5.74) is 2.61. The molecule has 1 heterocycles. The summed E-state index contributed by atoms with van der Waals surface area (Å²) >= 11 is 0. The number of nitrogens with two attached hydrogens (primary N) is 1. The van der Waals surface area contributed by atoms with E-state index in [2.05, 4.69) is 46.5 Å². The molecule has 1 fully saturated rings. The summed E-state index contributed by atoms with van der Waals surface area (Å²) < 4.78 is 0. The minimum absolute atomic E-state index is 0.278. The minimum Gasteiger partial charge on any atom is -0.369 e. The summed E-state index contributed by atoms with van der Waals surface area (Å²) in [4.78, 5) is 11.3. The fourth-order valence-electron chi connectivity index (χ4n) is 2.78. The van der Waals surface area contributed by atoms with E-state index in [-0.39, 0.29) is 5.92 Å². The maximum atomic E-state index is 5.47. The predicted octanol–water partition coefficient (Wildman–Crippen LogP) is 2.17. The monoisotopic (exact) mass is 292 g/mol. The van der Waals surface area contributed by atoms with Crippen molar-refractivity contribution in [1.29, 1.82) is 0 Å². The van der Waals surface area contributed by atoms with Gasteiger partial charge in [0.25, 0.3) is 0 Å². The topological polar surface area (TPSA) is 79.1 Å². The summed E-state index contributed by atoms with van der Waals surface area (Å²) in [6.45, 7) is 6.06. The zero-order valence-electron chi connectivity index (χ0n) is 13.4. The smallest absolute Gasteiger partial charge is 0.145 e.